The van der Waals surface area contributed by atoms with Crippen molar-refractivity contribution in [2.75, 3.05) is 7.11 Å². The standard InChI is InChI=1S/C15H19NO4/c1-3-4-10-13(14(17)19-2)16-15(18)20-11-12-8-6-5-7-9-12/h5-10H,3-4,11H2,1-2H3,(H,16,18)/b13-10-. The number of rotatable bonds is 6. The molecule has 20 heavy (non-hydrogen) atoms. The number of unbranched alkanes of at least 4 members (excludes halogenated alkanes) is 1. The number of nitrogens with one attached hydrogen (secondary N) is 1. The van der Waals surface area contributed by atoms with Crippen molar-refractivity contribution in [2.45, 2.75) is 26.4 Å². The second-order valence-electron chi connectivity index (χ2n) is 4.08. The van der Waals surface area contributed by atoms with Crippen LogP contribution in [0.1, 0.15) is 25.3 Å². The Morgan fingerprint density at radius 3 is 2.55 bits per heavy atom. The van der Waals surface area contributed by atoms with Crippen molar-refractivity contribution in [1.82, 2.24) is 5.32 Å². The van der Waals surface area contributed by atoms with E-state index >= 15 is 0 Å². The first-order chi connectivity index (χ1) is 9.67. The number of methoxy groups -OCH3 is 1. The molecule has 0 spiro atoms. The topological polar surface area (TPSA) is 64.6 Å². The molecule has 1 rings (SSSR count). The van der Waals surface area contributed by atoms with Crippen LogP contribution in [0.25, 0.3) is 0 Å². The van der Waals surface area contributed by atoms with Gasteiger partial charge in [-0.2, -0.15) is 0 Å². The van der Waals surface area contributed by atoms with Crippen LogP contribution >= 0.6 is 0 Å². The van der Waals surface area contributed by atoms with Crippen molar-refractivity contribution in [3.05, 3.63) is 47.7 Å². The minimum absolute atomic E-state index is 0.104. The Kier molecular flexibility index (Phi) is 6.89. The van der Waals surface area contributed by atoms with Gasteiger partial charge in [-0.1, -0.05) is 49.8 Å². The summed E-state index contributed by atoms with van der Waals surface area (Å²) in [6.07, 6.45) is 2.47. The molecule has 0 fully saturated rings. The van der Waals surface area contributed by atoms with Gasteiger partial charge in [-0.05, 0) is 12.0 Å². The summed E-state index contributed by atoms with van der Waals surface area (Å²) in [4.78, 5) is 23.1. The highest BCUT2D eigenvalue weighted by atomic mass is 16.6. The van der Waals surface area contributed by atoms with E-state index in [0.29, 0.717) is 6.42 Å². The van der Waals surface area contributed by atoms with Crippen molar-refractivity contribution < 1.29 is 19.1 Å². The molecule has 1 aromatic rings. The van der Waals surface area contributed by atoms with Gasteiger partial charge < -0.3 is 9.47 Å². The molecule has 0 saturated heterocycles. The Labute approximate surface area is 118 Å². The molecule has 0 heterocycles. The van der Waals surface area contributed by atoms with Crippen LogP contribution in [0.15, 0.2) is 42.1 Å². The fourth-order valence-corrected chi connectivity index (χ4v) is 1.45. The molecule has 0 aliphatic heterocycles. The maximum atomic E-state index is 11.6. The lowest BCUT2D eigenvalue weighted by Crippen LogP contribution is -2.28. The van der Waals surface area contributed by atoms with E-state index in [2.05, 4.69) is 10.1 Å². The van der Waals surface area contributed by atoms with Gasteiger partial charge in [-0.25, -0.2) is 9.59 Å². The lowest BCUT2D eigenvalue weighted by Gasteiger charge is -2.09. The Morgan fingerprint density at radius 1 is 1.25 bits per heavy atom. The molecule has 0 radical (unpaired) electrons. The van der Waals surface area contributed by atoms with Gasteiger partial charge >= 0.3 is 12.1 Å². The van der Waals surface area contributed by atoms with E-state index in [1.165, 1.54) is 7.11 Å². The first-order valence-electron chi connectivity index (χ1n) is 6.43. The summed E-state index contributed by atoms with van der Waals surface area (Å²) in [7, 11) is 1.26. The highest BCUT2D eigenvalue weighted by molar-refractivity contribution is 5.92. The third-order valence-corrected chi connectivity index (χ3v) is 2.49. The minimum atomic E-state index is -0.679. The third kappa shape index (κ3) is 5.56. The number of carbonyl (C=O) groups is 2. The molecule has 0 bridgehead atoms. The number of hydrogen-bond acceptors (Lipinski definition) is 4. The molecule has 5 heteroatoms. The molecule has 1 N–H and O–H groups in total. The van der Waals surface area contributed by atoms with Gasteiger partial charge in [0.25, 0.3) is 0 Å². The molecular weight excluding hydrogens is 258 g/mol. The van der Waals surface area contributed by atoms with Crippen molar-refractivity contribution in [3.63, 3.8) is 0 Å². The molecule has 0 aromatic heterocycles. The number of amides is 1. The molecule has 0 aliphatic rings. The number of benzene rings is 1. The van der Waals surface area contributed by atoms with Gasteiger partial charge in [-0.3, -0.25) is 5.32 Å². The fraction of sp³-hybridized carbons (Fsp3) is 0.333. The van der Waals surface area contributed by atoms with Crippen LogP contribution in [0.3, 0.4) is 0 Å². The fourth-order valence-electron chi connectivity index (χ4n) is 1.45. The lowest BCUT2D eigenvalue weighted by molar-refractivity contribution is -0.136. The van der Waals surface area contributed by atoms with Crippen LogP contribution in [0.5, 0.6) is 0 Å². The SMILES string of the molecule is CCC/C=C(\NC(=O)OCc1ccccc1)C(=O)OC. The molecule has 0 atom stereocenters. The summed E-state index contributed by atoms with van der Waals surface area (Å²) >= 11 is 0. The largest absolute Gasteiger partial charge is 0.464 e. The van der Waals surface area contributed by atoms with E-state index in [9.17, 15) is 9.59 Å². The predicted octanol–water partition coefficient (Wildman–Crippen LogP) is 2.77. The quantitative estimate of drug-likeness (QED) is 0.641. The Morgan fingerprint density at radius 2 is 1.95 bits per heavy atom. The highest BCUT2D eigenvalue weighted by Crippen LogP contribution is 2.03. The van der Waals surface area contributed by atoms with Crippen LogP contribution < -0.4 is 5.32 Å². The van der Waals surface area contributed by atoms with Gasteiger partial charge in [0, 0.05) is 0 Å². The van der Waals surface area contributed by atoms with E-state index < -0.39 is 12.1 Å². The zero-order chi connectivity index (χ0) is 14.8. The van der Waals surface area contributed by atoms with Gasteiger partial charge in [0.15, 0.2) is 0 Å². The van der Waals surface area contributed by atoms with Crippen LogP contribution in [-0.4, -0.2) is 19.2 Å². The zero-order valence-corrected chi connectivity index (χ0v) is 11.7. The van der Waals surface area contributed by atoms with Crippen LogP contribution in [-0.2, 0) is 20.9 Å². The van der Waals surface area contributed by atoms with Crippen LogP contribution in [0.4, 0.5) is 4.79 Å². The monoisotopic (exact) mass is 277 g/mol. The third-order valence-electron chi connectivity index (χ3n) is 2.49. The molecule has 1 aromatic carbocycles. The van der Waals surface area contributed by atoms with E-state index in [1.54, 1.807) is 6.08 Å². The van der Waals surface area contributed by atoms with Crippen molar-refractivity contribution in [1.29, 1.82) is 0 Å². The molecule has 0 saturated carbocycles. The molecule has 0 unspecified atom stereocenters. The summed E-state index contributed by atoms with van der Waals surface area (Å²) in [5.41, 5.74) is 0.979. The number of allylic oxidation sites excluding steroid dienone is 1. The van der Waals surface area contributed by atoms with Gasteiger partial charge in [0.05, 0.1) is 7.11 Å². The van der Waals surface area contributed by atoms with E-state index in [1.807, 2.05) is 37.3 Å². The van der Waals surface area contributed by atoms with Crippen LogP contribution in [0.2, 0.25) is 0 Å². The summed E-state index contributed by atoms with van der Waals surface area (Å²) in [6.45, 7) is 2.12. The van der Waals surface area contributed by atoms with Crippen molar-refractivity contribution >= 4 is 12.1 Å². The predicted molar refractivity (Wildman–Crippen MR) is 74.8 cm³/mol. The van der Waals surface area contributed by atoms with Crippen LogP contribution in [0, 0.1) is 0 Å². The van der Waals surface area contributed by atoms with Gasteiger partial charge in [0.2, 0.25) is 0 Å². The second kappa shape index (κ2) is 8.74. The molecule has 0 aliphatic carbocycles. The maximum absolute atomic E-state index is 11.6. The number of hydrogen-bond donors (Lipinski definition) is 1. The first kappa shape index (κ1) is 15.8. The van der Waals surface area contributed by atoms with E-state index in [-0.39, 0.29) is 12.3 Å². The zero-order valence-electron chi connectivity index (χ0n) is 11.7. The number of carbonyl (C=O) groups excluding carboxylic acids is 2. The summed E-state index contributed by atoms with van der Waals surface area (Å²) in [6, 6.07) is 9.30. The van der Waals surface area contributed by atoms with Crippen molar-refractivity contribution in [3.8, 4) is 0 Å². The molecule has 1 amide bonds. The average molecular weight is 277 g/mol. The second-order valence-corrected chi connectivity index (χ2v) is 4.08. The molecule has 5 nitrogen and oxygen atoms in total. The summed E-state index contributed by atoms with van der Waals surface area (Å²) < 4.78 is 9.63. The summed E-state index contributed by atoms with van der Waals surface area (Å²) in [5, 5.41) is 2.40. The Balaban J connectivity index is 2.52. The molecular formula is C15H19NO4. The first-order valence-corrected chi connectivity index (χ1v) is 6.43. The smallest absolute Gasteiger partial charge is 0.412 e. The number of alkyl carbamates (subject to hydrolysis) is 1. The highest BCUT2D eigenvalue weighted by Gasteiger charge is 2.13. The van der Waals surface area contributed by atoms with Gasteiger partial charge in [-0.15, -0.1) is 0 Å². The normalized spacial score (nSPS) is 10.8. The Hall–Kier alpha value is -2.30. The Bertz CT molecular complexity index is 468. The summed E-state index contributed by atoms with van der Waals surface area (Å²) in [5.74, 6) is -0.588. The van der Waals surface area contributed by atoms with Gasteiger partial charge in [0.1, 0.15) is 12.3 Å². The average Bonchev–Trinajstić information content (AvgIpc) is 2.49. The number of esters is 1. The maximum Gasteiger partial charge on any atom is 0.412 e. The van der Waals surface area contributed by atoms with Crippen molar-refractivity contribution in [2.24, 2.45) is 0 Å². The minimum Gasteiger partial charge on any atom is -0.464 e. The van der Waals surface area contributed by atoms with E-state index in [4.69, 9.17) is 4.74 Å². The number of ether oxygens (including phenoxy) is 2. The van der Waals surface area contributed by atoms with E-state index in [0.717, 1.165) is 12.0 Å². The lowest BCUT2D eigenvalue weighted by atomic mass is 10.2. The molecule has 108 valence electrons.